The predicted molar refractivity (Wildman–Crippen MR) is 92.6 cm³/mol. The van der Waals surface area contributed by atoms with E-state index in [1.165, 1.54) is 12.1 Å². The number of rotatable bonds is 3. The molecule has 0 saturated heterocycles. The highest BCUT2D eigenvalue weighted by Gasteiger charge is 2.14. The van der Waals surface area contributed by atoms with Crippen molar-refractivity contribution >= 4 is 11.5 Å². The maximum atomic E-state index is 13.1. The molecular formula is C18H14FN5O. The van der Waals surface area contributed by atoms with E-state index in [-0.39, 0.29) is 5.82 Å². The van der Waals surface area contributed by atoms with E-state index in [4.69, 9.17) is 10.5 Å². The van der Waals surface area contributed by atoms with Crippen LogP contribution < -0.4 is 10.5 Å². The van der Waals surface area contributed by atoms with Crippen LogP contribution >= 0.6 is 0 Å². The van der Waals surface area contributed by atoms with E-state index < -0.39 is 0 Å². The number of nitrogen functional groups attached to an aromatic ring is 1. The second-order valence-corrected chi connectivity index (χ2v) is 5.45. The summed E-state index contributed by atoms with van der Waals surface area (Å²) in [4.78, 5) is 8.69. The average molecular weight is 335 g/mol. The minimum atomic E-state index is -0.301. The summed E-state index contributed by atoms with van der Waals surface area (Å²) in [5, 5.41) is 4.34. The van der Waals surface area contributed by atoms with Crippen LogP contribution in [0.25, 0.3) is 27.9 Å². The van der Waals surface area contributed by atoms with Crippen LogP contribution in [0.15, 0.2) is 55.0 Å². The average Bonchev–Trinajstić information content (AvgIpc) is 3.08. The molecule has 4 aromatic rings. The number of halogens is 1. The van der Waals surface area contributed by atoms with Crippen LogP contribution in [-0.4, -0.2) is 26.7 Å². The van der Waals surface area contributed by atoms with Crippen LogP contribution in [-0.2, 0) is 0 Å². The number of benzene rings is 1. The lowest BCUT2D eigenvalue weighted by Gasteiger charge is -2.08. The van der Waals surface area contributed by atoms with E-state index >= 15 is 0 Å². The Bertz CT molecular complexity index is 1040. The summed E-state index contributed by atoms with van der Waals surface area (Å²) in [6.45, 7) is 0. The molecule has 2 N–H and O–H groups in total. The molecule has 0 aliphatic carbocycles. The van der Waals surface area contributed by atoms with Gasteiger partial charge in [-0.1, -0.05) is 12.1 Å². The first-order valence-electron chi connectivity index (χ1n) is 7.56. The number of hydrogen-bond donors (Lipinski definition) is 1. The lowest BCUT2D eigenvalue weighted by Crippen LogP contribution is -2.02. The normalized spacial score (nSPS) is 11.0. The third kappa shape index (κ3) is 2.55. The van der Waals surface area contributed by atoms with Crippen molar-refractivity contribution in [3.05, 3.63) is 60.8 Å². The number of methoxy groups -OCH3 is 1. The molecule has 124 valence electrons. The van der Waals surface area contributed by atoms with Gasteiger partial charge >= 0.3 is 0 Å². The molecule has 0 aliphatic rings. The van der Waals surface area contributed by atoms with Gasteiger partial charge in [0.25, 0.3) is 0 Å². The van der Waals surface area contributed by atoms with Crippen molar-refractivity contribution in [2.45, 2.75) is 0 Å². The van der Waals surface area contributed by atoms with Gasteiger partial charge in [0.15, 0.2) is 5.65 Å². The molecule has 0 aliphatic heterocycles. The zero-order valence-corrected chi connectivity index (χ0v) is 13.3. The van der Waals surface area contributed by atoms with E-state index in [2.05, 4.69) is 15.1 Å². The third-order valence-electron chi connectivity index (χ3n) is 3.98. The van der Waals surface area contributed by atoms with Crippen LogP contribution in [0, 0.1) is 5.82 Å². The first-order valence-corrected chi connectivity index (χ1v) is 7.56. The van der Waals surface area contributed by atoms with Crippen molar-refractivity contribution in [1.29, 1.82) is 0 Å². The molecule has 6 nitrogen and oxygen atoms in total. The largest absolute Gasteiger partial charge is 0.481 e. The molecule has 7 heteroatoms. The second-order valence-electron chi connectivity index (χ2n) is 5.45. The van der Waals surface area contributed by atoms with Gasteiger partial charge in [-0.05, 0) is 23.8 Å². The lowest BCUT2D eigenvalue weighted by molar-refractivity contribution is 0.398. The van der Waals surface area contributed by atoms with Crippen molar-refractivity contribution < 1.29 is 9.13 Å². The number of pyridine rings is 1. The Morgan fingerprint density at radius 2 is 1.68 bits per heavy atom. The minimum absolute atomic E-state index is 0.301. The third-order valence-corrected chi connectivity index (χ3v) is 3.98. The van der Waals surface area contributed by atoms with Crippen LogP contribution in [0.2, 0.25) is 0 Å². The molecule has 3 heterocycles. The Morgan fingerprint density at radius 1 is 0.920 bits per heavy atom. The van der Waals surface area contributed by atoms with Gasteiger partial charge in [0.05, 0.1) is 13.3 Å². The SMILES string of the molecule is COc1ccc(-c2cnn3c(N)c(-c4ccc(F)cc4)cnc23)cn1. The Labute approximate surface area is 142 Å². The summed E-state index contributed by atoms with van der Waals surface area (Å²) < 4.78 is 19.8. The van der Waals surface area contributed by atoms with E-state index in [1.807, 2.05) is 6.07 Å². The highest BCUT2D eigenvalue weighted by atomic mass is 19.1. The van der Waals surface area contributed by atoms with Crippen molar-refractivity contribution in [2.24, 2.45) is 0 Å². The summed E-state index contributed by atoms with van der Waals surface area (Å²) in [6.07, 6.45) is 5.05. The highest BCUT2D eigenvalue weighted by Crippen LogP contribution is 2.30. The van der Waals surface area contributed by atoms with Crippen molar-refractivity contribution in [3.8, 4) is 28.1 Å². The van der Waals surface area contributed by atoms with Gasteiger partial charge in [-0.15, -0.1) is 0 Å². The molecule has 4 rings (SSSR count). The summed E-state index contributed by atoms with van der Waals surface area (Å²) in [5.74, 6) is 0.667. The Morgan fingerprint density at radius 3 is 2.36 bits per heavy atom. The van der Waals surface area contributed by atoms with Gasteiger partial charge in [0.1, 0.15) is 11.6 Å². The molecule has 3 aromatic heterocycles. The maximum absolute atomic E-state index is 13.1. The Kier molecular flexibility index (Phi) is 3.53. The van der Waals surface area contributed by atoms with Gasteiger partial charge in [-0.3, -0.25) is 0 Å². The predicted octanol–water partition coefficient (Wildman–Crippen LogP) is 3.19. The van der Waals surface area contributed by atoms with Crippen LogP contribution in [0.4, 0.5) is 10.2 Å². The molecule has 25 heavy (non-hydrogen) atoms. The molecule has 0 radical (unpaired) electrons. The van der Waals surface area contributed by atoms with Crippen LogP contribution in [0.3, 0.4) is 0 Å². The summed E-state index contributed by atoms with van der Waals surface area (Å²) >= 11 is 0. The molecule has 0 spiro atoms. The Balaban J connectivity index is 1.82. The fraction of sp³-hybridized carbons (Fsp3) is 0.0556. The first-order chi connectivity index (χ1) is 12.2. The van der Waals surface area contributed by atoms with Crippen molar-refractivity contribution in [1.82, 2.24) is 19.6 Å². The minimum Gasteiger partial charge on any atom is -0.481 e. The van der Waals surface area contributed by atoms with E-state index in [0.717, 1.165) is 16.7 Å². The van der Waals surface area contributed by atoms with E-state index in [9.17, 15) is 4.39 Å². The zero-order chi connectivity index (χ0) is 17.4. The van der Waals surface area contributed by atoms with Crippen molar-refractivity contribution in [3.63, 3.8) is 0 Å². The van der Waals surface area contributed by atoms with Crippen LogP contribution in [0.1, 0.15) is 0 Å². The number of nitrogens with two attached hydrogens (primary N) is 1. The molecule has 0 unspecified atom stereocenters. The molecule has 0 amide bonds. The molecule has 0 bridgehead atoms. The van der Waals surface area contributed by atoms with Gasteiger partial charge in [-0.2, -0.15) is 9.61 Å². The van der Waals surface area contributed by atoms with Crippen LogP contribution in [0.5, 0.6) is 5.88 Å². The van der Waals surface area contributed by atoms with Gasteiger partial charge in [-0.25, -0.2) is 14.4 Å². The summed E-state index contributed by atoms with van der Waals surface area (Å²) in [7, 11) is 1.57. The number of hydrogen-bond acceptors (Lipinski definition) is 5. The van der Waals surface area contributed by atoms with Gasteiger partial charge in [0.2, 0.25) is 5.88 Å². The number of nitrogens with zero attached hydrogens (tertiary/aromatic N) is 4. The van der Waals surface area contributed by atoms with Gasteiger partial charge < -0.3 is 10.5 Å². The van der Waals surface area contributed by atoms with Gasteiger partial charge in [0, 0.05) is 35.2 Å². The first kappa shape index (κ1) is 15.1. The molecular weight excluding hydrogens is 321 g/mol. The molecule has 1 aromatic carbocycles. The molecule has 0 saturated carbocycles. The number of ether oxygens (including phenoxy) is 1. The standard InChI is InChI=1S/C18H14FN5O/c1-25-16-7-4-12(8-21-16)15-10-23-24-17(20)14(9-22-18(15)24)11-2-5-13(19)6-3-11/h2-10H,20H2,1H3. The number of fused-ring (bicyclic) bond motifs is 1. The summed E-state index contributed by atoms with van der Waals surface area (Å²) in [6, 6.07) is 9.75. The topological polar surface area (TPSA) is 78.3 Å². The zero-order valence-electron chi connectivity index (χ0n) is 13.3. The number of aromatic nitrogens is 4. The fourth-order valence-corrected chi connectivity index (χ4v) is 2.66. The number of anilines is 1. The Hall–Kier alpha value is -3.48. The smallest absolute Gasteiger partial charge is 0.212 e. The quantitative estimate of drug-likeness (QED) is 0.622. The molecule has 0 fully saturated rings. The van der Waals surface area contributed by atoms with E-state index in [1.54, 1.807) is 48.4 Å². The second kappa shape index (κ2) is 5.86. The molecule has 0 atom stereocenters. The highest BCUT2D eigenvalue weighted by molar-refractivity contribution is 5.81. The summed E-state index contributed by atoms with van der Waals surface area (Å²) in [5.41, 5.74) is 10.0. The maximum Gasteiger partial charge on any atom is 0.212 e. The fourth-order valence-electron chi connectivity index (χ4n) is 2.66. The lowest BCUT2D eigenvalue weighted by atomic mass is 10.1. The monoisotopic (exact) mass is 335 g/mol. The van der Waals surface area contributed by atoms with Crippen molar-refractivity contribution in [2.75, 3.05) is 12.8 Å². The van der Waals surface area contributed by atoms with E-state index in [0.29, 0.717) is 22.9 Å².